The van der Waals surface area contributed by atoms with Crippen LogP contribution in [0.1, 0.15) is 52.4 Å². The molecule has 0 amide bonds. The van der Waals surface area contributed by atoms with Gasteiger partial charge in [0.25, 0.3) is 0 Å². The number of piperidine rings is 1. The van der Waals surface area contributed by atoms with Gasteiger partial charge in [-0.15, -0.1) is 0 Å². The topological polar surface area (TPSA) is 33.3 Å². The molecule has 2 N–H and O–H groups in total. The van der Waals surface area contributed by atoms with E-state index in [4.69, 9.17) is 4.74 Å². The lowest BCUT2D eigenvalue weighted by molar-refractivity contribution is 0.0371. The highest BCUT2D eigenvalue weighted by atomic mass is 16.5. The van der Waals surface area contributed by atoms with E-state index in [1.165, 1.54) is 45.3 Å². The van der Waals surface area contributed by atoms with Gasteiger partial charge in [-0.05, 0) is 51.0 Å². The molecule has 0 aromatic carbocycles. The lowest BCUT2D eigenvalue weighted by Crippen LogP contribution is -2.54. The molecule has 0 aromatic heterocycles. The Hall–Kier alpha value is -0.120. The Balaban J connectivity index is 1.88. The molecule has 3 nitrogen and oxygen atoms in total. The number of ether oxygens (including phenoxy) is 1. The van der Waals surface area contributed by atoms with Crippen molar-refractivity contribution in [2.75, 3.05) is 32.8 Å². The second-order valence-electron chi connectivity index (χ2n) is 6.56. The van der Waals surface area contributed by atoms with Gasteiger partial charge in [-0.1, -0.05) is 13.3 Å². The highest BCUT2D eigenvalue weighted by Gasteiger charge is 2.34. The van der Waals surface area contributed by atoms with Crippen molar-refractivity contribution in [3.8, 4) is 0 Å². The summed E-state index contributed by atoms with van der Waals surface area (Å²) in [5.74, 6) is 0. The highest BCUT2D eigenvalue weighted by molar-refractivity contribution is 4.92. The zero-order valence-electron chi connectivity index (χ0n) is 12.2. The third-order valence-corrected chi connectivity index (χ3v) is 4.83. The van der Waals surface area contributed by atoms with E-state index in [9.17, 15) is 0 Å². The molecule has 2 heterocycles. The SMILES string of the molecule is CCCC1(CNC2(C)CCOCC2)CCCNC1. The van der Waals surface area contributed by atoms with E-state index in [-0.39, 0.29) is 0 Å². The molecule has 2 fully saturated rings. The molecular weight excluding hydrogens is 224 g/mol. The van der Waals surface area contributed by atoms with Gasteiger partial charge in [0.1, 0.15) is 0 Å². The molecule has 0 aromatic rings. The van der Waals surface area contributed by atoms with Gasteiger partial charge >= 0.3 is 0 Å². The van der Waals surface area contributed by atoms with E-state index in [0.717, 1.165) is 26.1 Å². The summed E-state index contributed by atoms with van der Waals surface area (Å²) < 4.78 is 5.48. The maximum absolute atomic E-state index is 5.48. The zero-order chi connectivity index (χ0) is 12.9. The zero-order valence-corrected chi connectivity index (χ0v) is 12.2. The standard InChI is InChI=1S/C15H30N2O/c1-3-5-15(6-4-9-16-12-15)13-17-14(2)7-10-18-11-8-14/h16-17H,3-13H2,1-2H3. The average molecular weight is 254 g/mol. The van der Waals surface area contributed by atoms with Crippen LogP contribution in [0.2, 0.25) is 0 Å². The van der Waals surface area contributed by atoms with E-state index < -0.39 is 0 Å². The van der Waals surface area contributed by atoms with E-state index in [1.54, 1.807) is 0 Å². The Bertz CT molecular complexity index is 237. The summed E-state index contributed by atoms with van der Waals surface area (Å²) in [6, 6.07) is 0. The first kappa shape index (κ1) is 14.3. The Labute approximate surface area is 112 Å². The van der Waals surface area contributed by atoms with Crippen molar-refractivity contribution < 1.29 is 4.74 Å². The second-order valence-corrected chi connectivity index (χ2v) is 6.56. The molecule has 1 unspecified atom stereocenters. The van der Waals surface area contributed by atoms with Crippen molar-refractivity contribution >= 4 is 0 Å². The molecule has 2 aliphatic heterocycles. The third kappa shape index (κ3) is 3.69. The summed E-state index contributed by atoms with van der Waals surface area (Å²) in [4.78, 5) is 0. The van der Waals surface area contributed by atoms with Crippen molar-refractivity contribution in [3.63, 3.8) is 0 Å². The number of rotatable bonds is 5. The fraction of sp³-hybridized carbons (Fsp3) is 1.00. The normalized spacial score (nSPS) is 32.3. The summed E-state index contributed by atoms with van der Waals surface area (Å²) in [6.45, 7) is 10.1. The first-order chi connectivity index (χ1) is 8.68. The fourth-order valence-electron chi connectivity index (χ4n) is 3.41. The highest BCUT2D eigenvalue weighted by Crippen LogP contribution is 2.32. The van der Waals surface area contributed by atoms with Gasteiger partial charge < -0.3 is 15.4 Å². The van der Waals surface area contributed by atoms with Gasteiger partial charge in [0.05, 0.1) is 0 Å². The van der Waals surface area contributed by atoms with Crippen molar-refractivity contribution in [2.45, 2.75) is 57.9 Å². The maximum Gasteiger partial charge on any atom is 0.0483 e. The molecule has 1 atom stereocenters. The van der Waals surface area contributed by atoms with Gasteiger partial charge in [0, 0.05) is 31.8 Å². The minimum absolute atomic E-state index is 0.302. The summed E-state index contributed by atoms with van der Waals surface area (Å²) in [5.41, 5.74) is 0.796. The smallest absolute Gasteiger partial charge is 0.0483 e. The minimum Gasteiger partial charge on any atom is -0.381 e. The van der Waals surface area contributed by atoms with Crippen LogP contribution < -0.4 is 10.6 Å². The van der Waals surface area contributed by atoms with E-state index >= 15 is 0 Å². The largest absolute Gasteiger partial charge is 0.381 e. The number of hydrogen-bond acceptors (Lipinski definition) is 3. The van der Waals surface area contributed by atoms with Gasteiger partial charge in [-0.3, -0.25) is 0 Å². The van der Waals surface area contributed by atoms with Crippen LogP contribution in [0.15, 0.2) is 0 Å². The molecular formula is C15H30N2O. The molecule has 0 spiro atoms. The molecule has 2 aliphatic rings. The first-order valence-corrected chi connectivity index (χ1v) is 7.72. The monoisotopic (exact) mass is 254 g/mol. The lowest BCUT2D eigenvalue weighted by atomic mass is 9.76. The summed E-state index contributed by atoms with van der Waals surface area (Å²) in [7, 11) is 0. The molecule has 106 valence electrons. The van der Waals surface area contributed by atoms with Crippen molar-refractivity contribution in [1.82, 2.24) is 10.6 Å². The van der Waals surface area contributed by atoms with Gasteiger partial charge in [0.15, 0.2) is 0 Å². The number of hydrogen-bond donors (Lipinski definition) is 2. The molecule has 0 aliphatic carbocycles. The van der Waals surface area contributed by atoms with Crippen LogP contribution >= 0.6 is 0 Å². The van der Waals surface area contributed by atoms with Crippen molar-refractivity contribution in [3.05, 3.63) is 0 Å². The average Bonchev–Trinajstić information content (AvgIpc) is 2.39. The molecule has 18 heavy (non-hydrogen) atoms. The van der Waals surface area contributed by atoms with Crippen LogP contribution in [-0.2, 0) is 4.74 Å². The van der Waals surface area contributed by atoms with Crippen molar-refractivity contribution in [2.24, 2.45) is 5.41 Å². The molecule has 2 saturated heterocycles. The van der Waals surface area contributed by atoms with E-state index in [2.05, 4.69) is 24.5 Å². The predicted molar refractivity (Wildman–Crippen MR) is 75.9 cm³/mol. The summed E-state index contributed by atoms with van der Waals surface area (Å²) in [5, 5.41) is 7.47. The van der Waals surface area contributed by atoms with E-state index in [1.807, 2.05) is 0 Å². The Morgan fingerprint density at radius 1 is 1.22 bits per heavy atom. The predicted octanol–water partition coefficient (Wildman–Crippen LogP) is 2.32. The molecule has 0 saturated carbocycles. The summed E-state index contributed by atoms with van der Waals surface area (Å²) >= 11 is 0. The quantitative estimate of drug-likeness (QED) is 0.790. The van der Waals surface area contributed by atoms with Gasteiger partial charge in [-0.25, -0.2) is 0 Å². The fourth-order valence-corrected chi connectivity index (χ4v) is 3.41. The molecule has 3 heteroatoms. The minimum atomic E-state index is 0.302. The van der Waals surface area contributed by atoms with Gasteiger partial charge in [-0.2, -0.15) is 0 Å². The Morgan fingerprint density at radius 2 is 2.00 bits per heavy atom. The third-order valence-electron chi connectivity index (χ3n) is 4.83. The number of nitrogens with one attached hydrogen (secondary N) is 2. The van der Waals surface area contributed by atoms with Crippen LogP contribution in [0.4, 0.5) is 0 Å². The molecule has 2 rings (SSSR count). The second kappa shape index (κ2) is 6.36. The summed E-state index contributed by atoms with van der Waals surface area (Å²) in [6.07, 6.45) is 7.67. The van der Waals surface area contributed by atoms with Crippen molar-refractivity contribution in [1.29, 1.82) is 0 Å². The molecule has 0 bridgehead atoms. The first-order valence-electron chi connectivity index (χ1n) is 7.72. The Kier molecular flexibility index (Phi) is 5.05. The van der Waals surface area contributed by atoms with E-state index in [0.29, 0.717) is 11.0 Å². The molecule has 0 radical (unpaired) electrons. The van der Waals surface area contributed by atoms with Crippen LogP contribution in [0.3, 0.4) is 0 Å². The Morgan fingerprint density at radius 3 is 2.61 bits per heavy atom. The maximum atomic E-state index is 5.48. The van der Waals surface area contributed by atoms with Crippen LogP contribution in [-0.4, -0.2) is 38.4 Å². The van der Waals surface area contributed by atoms with Crippen LogP contribution in [0.25, 0.3) is 0 Å². The van der Waals surface area contributed by atoms with Gasteiger partial charge in [0.2, 0.25) is 0 Å². The van der Waals surface area contributed by atoms with Crippen LogP contribution in [0, 0.1) is 5.41 Å². The van der Waals surface area contributed by atoms with Crippen LogP contribution in [0.5, 0.6) is 0 Å². The lowest BCUT2D eigenvalue weighted by Gasteiger charge is -2.43.